The zero-order valence-corrected chi connectivity index (χ0v) is 9.24. The lowest BCUT2D eigenvalue weighted by molar-refractivity contribution is 0.0689. The van der Waals surface area contributed by atoms with E-state index in [4.69, 9.17) is 5.11 Å². The van der Waals surface area contributed by atoms with Crippen molar-refractivity contribution in [2.24, 2.45) is 0 Å². The minimum Gasteiger partial charge on any atom is -0.476 e. The third-order valence-electron chi connectivity index (χ3n) is 1.64. The molecule has 1 aromatic rings. The van der Waals surface area contributed by atoms with Gasteiger partial charge in [0.1, 0.15) is 0 Å². The Kier molecular flexibility index (Phi) is 5.60. The second kappa shape index (κ2) is 6.18. The monoisotopic (exact) mass is 198 g/mol. The first-order valence-electron chi connectivity index (χ1n) is 4.93. The van der Waals surface area contributed by atoms with E-state index in [1.165, 1.54) is 0 Å². The molecule has 0 bridgehead atoms. The average molecular weight is 198 g/mol. The van der Waals surface area contributed by atoms with Crippen molar-refractivity contribution in [1.82, 2.24) is 9.78 Å². The van der Waals surface area contributed by atoms with Gasteiger partial charge in [-0.2, -0.15) is 5.10 Å². The largest absolute Gasteiger partial charge is 0.476 e. The molecule has 0 unspecified atom stereocenters. The second-order valence-electron chi connectivity index (χ2n) is 2.70. The van der Waals surface area contributed by atoms with Crippen LogP contribution in [0.2, 0.25) is 0 Å². The van der Waals surface area contributed by atoms with Crippen LogP contribution in [0.4, 0.5) is 0 Å². The zero-order chi connectivity index (χ0) is 11.1. The Morgan fingerprint density at radius 3 is 2.50 bits per heavy atom. The normalized spacial score (nSPS) is 9.14. The summed E-state index contributed by atoms with van der Waals surface area (Å²) in [6, 6.07) is 1.58. The quantitative estimate of drug-likeness (QED) is 0.811. The number of hydrogen-bond acceptors (Lipinski definition) is 2. The Bertz CT molecular complexity index is 292. The van der Waals surface area contributed by atoms with E-state index in [1.54, 1.807) is 10.7 Å². The van der Waals surface area contributed by atoms with Gasteiger partial charge in [0.25, 0.3) is 0 Å². The van der Waals surface area contributed by atoms with Crippen molar-refractivity contribution >= 4 is 5.97 Å². The molecule has 0 amide bonds. The van der Waals surface area contributed by atoms with Crippen LogP contribution >= 0.6 is 0 Å². The van der Waals surface area contributed by atoms with Crippen molar-refractivity contribution in [3.63, 3.8) is 0 Å². The first-order valence-corrected chi connectivity index (χ1v) is 4.93. The Morgan fingerprint density at radius 2 is 2.14 bits per heavy atom. The molecule has 1 rings (SSSR count). The zero-order valence-electron chi connectivity index (χ0n) is 9.24. The van der Waals surface area contributed by atoms with Crippen molar-refractivity contribution in [3.8, 4) is 0 Å². The third kappa shape index (κ3) is 3.20. The Morgan fingerprint density at radius 1 is 1.57 bits per heavy atom. The average Bonchev–Trinajstić information content (AvgIpc) is 2.52. The van der Waals surface area contributed by atoms with E-state index in [-0.39, 0.29) is 5.69 Å². The van der Waals surface area contributed by atoms with E-state index in [9.17, 15) is 4.79 Å². The van der Waals surface area contributed by atoms with Crippen LogP contribution in [-0.2, 0) is 6.54 Å². The van der Waals surface area contributed by atoms with Crippen LogP contribution in [0.3, 0.4) is 0 Å². The number of aryl methyl sites for hydroxylation is 2. The summed E-state index contributed by atoms with van der Waals surface area (Å²) in [5, 5.41) is 12.5. The first-order chi connectivity index (χ1) is 6.65. The van der Waals surface area contributed by atoms with Crippen molar-refractivity contribution in [1.29, 1.82) is 0 Å². The molecule has 80 valence electrons. The summed E-state index contributed by atoms with van der Waals surface area (Å²) >= 11 is 0. The molecule has 0 radical (unpaired) electrons. The van der Waals surface area contributed by atoms with E-state index < -0.39 is 5.97 Å². The number of nitrogens with zero attached hydrogens (tertiary/aromatic N) is 2. The molecular weight excluding hydrogens is 180 g/mol. The van der Waals surface area contributed by atoms with Gasteiger partial charge in [-0.25, -0.2) is 4.79 Å². The molecule has 0 aliphatic carbocycles. The molecule has 0 saturated carbocycles. The fraction of sp³-hybridized carbons (Fsp3) is 0.600. The van der Waals surface area contributed by atoms with Gasteiger partial charge in [-0.15, -0.1) is 0 Å². The van der Waals surface area contributed by atoms with Crippen molar-refractivity contribution in [3.05, 3.63) is 17.5 Å². The molecule has 1 heterocycles. The summed E-state index contributed by atoms with van der Waals surface area (Å²) in [7, 11) is 0. The molecule has 4 heteroatoms. The van der Waals surface area contributed by atoms with Gasteiger partial charge in [-0.05, 0) is 19.4 Å². The van der Waals surface area contributed by atoms with Crippen molar-refractivity contribution < 1.29 is 9.90 Å². The number of carbonyl (C=O) groups is 1. The first kappa shape index (κ1) is 12.7. The highest BCUT2D eigenvalue weighted by molar-refractivity contribution is 5.85. The van der Waals surface area contributed by atoms with E-state index >= 15 is 0 Å². The van der Waals surface area contributed by atoms with Crippen LogP contribution in [0.1, 0.15) is 43.4 Å². The van der Waals surface area contributed by atoms with Crippen LogP contribution in [0.15, 0.2) is 6.07 Å². The lowest BCUT2D eigenvalue weighted by atomic mass is 10.4. The molecule has 0 spiro atoms. The summed E-state index contributed by atoms with van der Waals surface area (Å²) in [6.07, 6.45) is 0.960. The van der Waals surface area contributed by atoms with Gasteiger partial charge >= 0.3 is 5.97 Å². The van der Waals surface area contributed by atoms with Crippen LogP contribution in [0.5, 0.6) is 0 Å². The third-order valence-corrected chi connectivity index (χ3v) is 1.64. The van der Waals surface area contributed by atoms with E-state index in [1.807, 2.05) is 27.7 Å². The number of carboxylic acids is 1. The topological polar surface area (TPSA) is 55.1 Å². The predicted octanol–water partition coefficient (Wildman–Crippen LogP) is 2.33. The van der Waals surface area contributed by atoms with Crippen LogP contribution in [0, 0.1) is 6.92 Å². The number of rotatable bonds is 3. The molecule has 0 aliphatic heterocycles. The molecular formula is C10H18N2O2. The van der Waals surface area contributed by atoms with Gasteiger partial charge in [0, 0.05) is 12.2 Å². The number of hydrogen-bond donors (Lipinski definition) is 1. The van der Waals surface area contributed by atoms with E-state index in [0.717, 1.165) is 18.7 Å². The molecule has 0 saturated heterocycles. The van der Waals surface area contributed by atoms with Gasteiger partial charge in [-0.1, -0.05) is 20.8 Å². The fourth-order valence-corrected chi connectivity index (χ4v) is 1.05. The van der Waals surface area contributed by atoms with Crippen molar-refractivity contribution in [2.75, 3.05) is 0 Å². The molecule has 4 nitrogen and oxygen atoms in total. The number of aromatic nitrogens is 2. The van der Waals surface area contributed by atoms with Gasteiger partial charge in [-0.3, -0.25) is 4.68 Å². The summed E-state index contributed by atoms with van der Waals surface area (Å²) in [4.78, 5) is 10.5. The summed E-state index contributed by atoms with van der Waals surface area (Å²) in [6.45, 7) is 8.66. The lowest BCUT2D eigenvalue weighted by Crippen LogP contribution is -2.03. The summed E-state index contributed by atoms with van der Waals surface area (Å²) in [5.74, 6) is -0.965. The fourth-order valence-electron chi connectivity index (χ4n) is 1.05. The smallest absolute Gasteiger partial charge is 0.356 e. The minimum atomic E-state index is -0.965. The molecule has 0 atom stereocenters. The highest BCUT2D eigenvalue weighted by Crippen LogP contribution is 2.03. The lowest BCUT2D eigenvalue weighted by Gasteiger charge is -1.98. The maximum atomic E-state index is 10.5. The Balaban J connectivity index is 0.000000791. The van der Waals surface area contributed by atoms with E-state index in [2.05, 4.69) is 5.10 Å². The van der Waals surface area contributed by atoms with E-state index in [0.29, 0.717) is 0 Å². The highest BCUT2D eigenvalue weighted by atomic mass is 16.4. The maximum Gasteiger partial charge on any atom is 0.356 e. The number of aromatic carboxylic acids is 1. The maximum absolute atomic E-state index is 10.5. The predicted molar refractivity (Wildman–Crippen MR) is 55.6 cm³/mol. The van der Waals surface area contributed by atoms with Gasteiger partial charge < -0.3 is 5.11 Å². The molecule has 0 aromatic carbocycles. The molecule has 1 N–H and O–H groups in total. The van der Waals surface area contributed by atoms with Crippen LogP contribution in [0.25, 0.3) is 0 Å². The van der Waals surface area contributed by atoms with Crippen molar-refractivity contribution in [2.45, 2.75) is 40.7 Å². The standard InChI is InChI=1S/C8H12N2O2.C2H6/c1-3-4-10-6(2)5-7(9-10)8(11)12;1-2/h5H,3-4H2,1-2H3,(H,11,12);1-2H3. The summed E-state index contributed by atoms with van der Waals surface area (Å²) in [5.41, 5.74) is 1.02. The van der Waals surface area contributed by atoms with Crippen LogP contribution < -0.4 is 0 Å². The number of carboxylic acid groups (broad SMARTS) is 1. The molecule has 14 heavy (non-hydrogen) atoms. The van der Waals surface area contributed by atoms with Gasteiger partial charge in [0.05, 0.1) is 0 Å². The summed E-state index contributed by atoms with van der Waals surface area (Å²) < 4.78 is 1.71. The molecule has 0 aliphatic rings. The molecule has 1 aromatic heterocycles. The Hall–Kier alpha value is -1.32. The minimum absolute atomic E-state index is 0.126. The van der Waals surface area contributed by atoms with Gasteiger partial charge in [0.2, 0.25) is 0 Å². The molecule has 0 fully saturated rings. The highest BCUT2D eigenvalue weighted by Gasteiger charge is 2.09. The second-order valence-corrected chi connectivity index (χ2v) is 2.70. The SMILES string of the molecule is CC.CCCn1nc(C(=O)O)cc1C. The Labute approximate surface area is 84.6 Å². The van der Waals surface area contributed by atoms with Crippen LogP contribution in [-0.4, -0.2) is 20.9 Å². The van der Waals surface area contributed by atoms with Gasteiger partial charge in [0.15, 0.2) is 5.69 Å².